The standard InChI is InChI=1S/C15H11BrF2O/c1-9-3-2-4-12(15(9)18)14(19)8-10-7-11(17)5-6-13(10)16/h2-7H,8H2,1H3. The lowest BCUT2D eigenvalue weighted by Gasteiger charge is -2.06. The number of carbonyl (C=O) groups excluding carboxylic acids is 1. The molecule has 0 N–H and O–H groups in total. The van der Waals surface area contributed by atoms with Crippen LogP contribution in [0.1, 0.15) is 21.5 Å². The quantitative estimate of drug-likeness (QED) is 0.762. The van der Waals surface area contributed by atoms with E-state index in [4.69, 9.17) is 0 Å². The van der Waals surface area contributed by atoms with Gasteiger partial charge in [0.25, 0.3) is 0 Å². The Morgan fingerprint density at radius 3 is 2.68 bits per heavy atom. The Morgan fingerprint density at radius 2 is 1.95 bits per heavy atom. The summed E-state index contributed by atoms with van der Waals surface area (Å²) in [4.78, 5) is 12.1. The summed E-state index contributed by atoms with van der Waals surface area (Å²) in [5, 5.41) is 0. The molecule has 1 nitrogen and oxygen atoms in total. The van der Waals surface area contributed by atoms with Crippen LogP contribution in [0.2, 0.25) is 0 Å². The lowest BCUT2D eigenvalue weighted by atomic mass is 10.0. The highest BCUT2D eigenvalue weighted by molar-refractivity contribution is 9.10. The van der Waals surface area contributed by atoms with Crippen LogP contribution in [-0.2, 0) is 6.42 Å². The zero-order valence-electron chi connectivity index (χ0n) is 10.2. The Bertz CT molecular complexity index is 638. The van der Waals surface area contributed by atoms with Crippen molar-refractivity contribution in [3.8, 4) is 0 Å². The van der Waals surface area contributed by atoms with Gasteiger partial charge in [-0.15, -0.1) is 0 Å². The number of rotatable bonds is 3. The Hall–Kier alpha value is -1.55. The lowest BCUT2D eigenvalue weighted by molar-refractivity contribution is 0.0988. The van der Waals surface area contributed by atoms with E-state index in [9.17, 15) is 13.6 Å². The average molecular weight is 325 g/mol. The lowest BCUT2D eigenvalue weighted by Crippen LogP contribution is -2.07. The van der Waals surface area contributed by atoms with Crippen molar-refractivity contribution in [3.05, 3.63) is 69.2 Å². The Labute approximate surface area is 118 Å². The van der Waals surface area contributed by atoms with Gasteiger partial charge in [-0.05, 0) is 42.3 Å². The van der Waals surface area contributed by atoms with E-state index in [0.29, 0.717) is 15.6 Å². The summed E-state index contributed by atoms with van der Waals surface area (Å²) in [5.41, 5.74) is 0.964. The van der Waals surface area contributed by atoms with E-state index in [1.165, 1.54) is 24.3 Å². The van der Waals surface area contributed by atoms with Crippen molar-refractivity contribution in [2.75, 3.05) is 0 Å². The van der Waals surface area contributed by atoms with Crippen molar-refractivity contribution >= 4 is 21.7 Å². The molecule has 0 radical (unpaired) electrons. The maximum absolute atomic E-state index is 13.8. The van der Waals surface area contributed by atoms with Gasteiger partial charge in [0, 0.05) is 10.9 Å². The number of hydrogen-bond donors (Lipinski definition) is 0. The van der Waals surface area contributed by atoms with E-state index < -0.39 is 11.6 Å². The number of Topliss-reactive ketones (excluding diaryl/α,β-unsaturated/α-hetero) is 1. The first-order valence-electron chi connectivity index (χ1n) is 5.71. The van der Waals surface area contributed by atoms with E-state index in [-0.39, 0.29) is 17.8 Å². The minimum absolute atomic E-state index is 0.0381. The van der Waals surface area contributed by atoms with Gasteiger partial charge in [-0.3, -0.25) is 4.79 Å². The molecule has 0 fully saturated rings. The first-order valence-corrected chi connectivity index (χ1v) is 6.50. The van der Waals surface area contributed by atoms with Gasteiger partial charge < -0.3 is 0 Å². The number of hydrogen-bond acceptors (Lipinski definition) is 1. The molecule has 0 atom stereocenters. The van der Waals surface area contributed by atoms with Crippen molar-refractivity contribution in [2.24, 2.45) is 0 Å². The molecular weight excluding hydrogens is 314 g/mol. The molecule has 0 unspecified atom stereocenters. The molecule has 0 saturated carbocycles. The van der Waals surface area contributed by atoms with Crippen molar-refractivity contribution in [3.63, 3.8) is 0 Å². The molecule has 0 spiro atoms. The Balaban J connectivity index is 2.31. The number of halogens is 3. The molecule has 0 bridgehead atoms. The Morgan fingerprint density at radius 1 is 1.21 bits per heavy atom. The van der Waals surface area contributed by atoms with Crippen molar-refractivity contribution in [1.82, 2.24) is 0 Å². The van der Waals surface area contributed by atoms with Gasteiger partial charge in [-0.2, -0.15) is 0 Å². The second kappa shape index (κ2) is 5.61. The minimum Gasteiger partial charge on any atom is -0.294 e. The summed E-state index contributed by atoms with van der Waals surface area (Å²) >= 11 is 3.25. The number of benzene rings is 2. The Kier molecular flexibility index (Phi) is 4.10. The predicted molar refractivity (Wildman–Crippen MR) is 73.3 cm³/mol. The van der Waals surface area contributed by atoms with Crippen LogP contribution in [0.15, 0.2) is 40.9 Å². The number of ketones is 1. The summed E-state index contributed by atoms with van der Waals surface area (Å²) in [5.74, 6) is -1.30. The summed E-state index contributed by atoms with van der Waals surface area (Å²) in [6.07, 6.45) is -0.0429. The van der Waals surface area contributed by atoms with E-state index in [1.807, 2.05) is 0 Å². The maximum atomic E-state index is 13.8. The molecule has 2 rings (SSSR count). The highest BCUT2D eigenvalue weighted by atomic mass is 79.9. The summed E-state index contributed by atoms with van der Waals surface area (Å²) in [7, 11) is 0. The molecule has 2 aromatic rings. The van der Waals surface area contributed by atoms with Gasteiger partial charge in [0.2, 0.25) is 0 Å². The largest absolute Gasteiger partial charge is 0.294 e. The molecule has 0 saturated heterocycles. The average Bonchev–Trinajstić information content (AvgIpc) is 2.37. The van der Waals surface area contributed by atoms with Crippen LogP contribution < -0.4 is 0 Å². The van der Waals surface area contributed by atoms with Gasteiger partial charge in [-0.25, -0.2) is 8.78 Å². The van der Waals surface area contributed by atoms with Crippen molar-refractivity contribution in [2.45, 2.75) is 13.3 Å². The van der Waals surface area contributed by atoms with Gasteiger partial charge in [0.15, 0.2) is 5.78 Å². The second-order valence-corrected chi connectivity index (χ2v) is 5.13. The number of aryl methyl sites for hydroxylation is 1. The van der Waals surface area contributed by atoms with Crippen molar-refractivity contribution < 1.29 is 13.6 Å². The van der Waals surface area contributed by atoms with E-state index in [2.05, 4.69) is 15.9 Å². The number of carbonyl (C=O) groups is 1. The molecule has 0 aliphatic rings. The molecular formula is C15H11BrF2O. The van der Waals surface area contributed by atoms with Crippen LogP contribution in [0.25, 0.3) is 0 Å². The fourth-order valence-corrected chi connectivity index (χ4v) is 2.20. The molecule has 2 aromatic carbocycles. The van der Waals surface area contributed by atoms with Crippen molar-refractivity contribution in [1.29, 1.82) is 0 Å². The summed E-state index contributed by atoms with van der Waals surface area (Å²) in [6, 6.07) is 8.78. The topological polar surface area (TPSA) is 17.1 Å². The predicted octanol–water partition coefficient (Wildman–Crippen LogP) is 4.46. The van der Waals surface area contributed by atoms with Crippen LogP contribution in [0.4, 0.5) is 8.78 Å². The molecule has 98 valence electrons. The van der Waals surface area contributed by atoms with Crippen LogP contribution >= 0.6 is 15.9 Å². The highest BCUT2D eigenvalue weighted by Crippen LogP contribution is 2.21. The van der Waals surface area contributed by atoms with E-state index in [0.717, 1.165) is 0 Å². The third kappa shape index (κ3) is 3.07. The maximum Gasteiger partial charge on any atom is 0.170 e. The molecule has 0 aliphatic heterocycles. The van der Waals surface area contributed by atoms with Gasteiger partial charge in [0.1, 0.15) is 11.6 Å². The third-order valence-electron chi connectivity index (χ3n) is 2.85. The molecule has 0 aliphatic carbocycles. The zero-order valence-corrected chi connectivity index (χ0v) is 11.8. The van der Waals surface area contributed by atoms with Crippen LogP contribution in [0.3, 0.4) is 0 Å². The first kappa shape index (κ1) is 13.9. The SMILES string of the molecule is Cc1cccc(C(=O)Cc2cc(F)ccc2Br)c1F. The van der Waals surface area contributed by atoms with Gasteiger partial charge >= 0.3 is 0 Å². The molecule has 19 heavy (non-hydrogen) atoms. The minimum atomic E-state index is -0.514. The van der Waals surface area contributed by atoms with Gasteiger partial charge in [-0.1, -0.05) is 28.1 Å². The van der Waals surface area contributed by atoms with Crippen LogP contribution in [-0.4, -0.2) is 5.78 Å². The fraction of sp³-hybridized carbons (Fsp3) is 0.133. The first-order chi connectivity index (χ1) is 8.99. The van der Waals surface area contributed by atoms with Crippen LogP contribution in [0, 0.1) is 18.6 Å². The smallest absolute Gasteiger partial charge is 0.170 e. The summed E-state index contributed by atoms with van der Waals surface area (Å²) in [6.45, 7) is 1.60. The monoisotopic (exact) mass is 324 g/mol. The summed E-state index contributed by atoms with van der Waals surface area (Å²) < 4.78 is 27.6. The normalized spacial score (nSPS) is 10.5. The van der Waals surface area contributed by atoms with Gasteiger partial charge in [0.05, 0.1) is 5.56 Å². The van der Waals surface area contributed by atoms with Crippen LogP contribution in [0.5, 0.6) is 0 Å². The molecule has 4 heteroatoms. The molecule has 0 amide bonds. The fourth-order valence-electron chi connectivity index (χ4n) is 1.81. The molecule has 0 aromatic heterocycles. The third-order valence-corrected chi connectivity index (χ3v) is 3.62. The van der Waals surface area contributed by atoms with E-state index in [1.54, 1.807) is 19.1 Å². The zero-order chi connectivity index (χ0) is 14.0. The highest BCUT2D eigenvalue weighted by Gasteiger charge is 2.15. The molecule has 0 heterocycles. The second-order valence-electron chi connectivity index (χ2n) is 4.27. The van der Waals surface area contributed by atoms with E-state index >= 15 is 0 Å².